The standard InChI is InChI=1S/C12H15N3O2S/c1-3-4-15-11-9(5-8(2)6-13-11)14-12(15)18-7-10(16)17/h5-6H,3-4,7H2,1-2H3,(H,16,17). The Hall–Kier alpha value is -1.56. The molecule has 0 aliphatic heterocycles. The van der Waals surface area contributed by atoms with Gasteiger partial charge in [0.1, 0.15) is 5.52 Å². The third-order valence-corrected chi connectivity index (χ3v) is 3.42. The molecule has 0 saturated carbocycles. The molecule has 0 aromatic carbocycles. The summed E-state index contributed by atoms with van der Waals surface area (Å²) >= 11 is 1.24. The zero-order valence-corrected chi connectivity index (χ0v) is 11.2. The van der Waals surface area contributed by atoms with Crippen molar-refractivity contribution in [2.75, 3.05) is 5.75 Å². The van der Waals surface area contributed by atoms with Crippen LogP contribution in [-0.2, 0) is 11.3 Å². The molecule has 6 heteroatoms. The summed E-state index contributed by atoms with van der Waals surface area (Å²) in [5.41, 5.74) is 2.71. The van der Waals surface area contributed by atoms with Crippen molar-refractivity contribution < 1.29 is 9.90 Å². The van der Waals surface area contributed by atoms with Crippen molar-refractivity contribution >= 4 is 28.9 Å². The molecule has 0 aliphatic carbocycles. The number of carboxylic acid groups (broad SMARTS) is 1. The minimum Gasteiger partial charge on any atom is -0.481 e. The summed E-state index contributed by atoms with van der Waals surface area (Å²) in [4.78, 5) is 19.5. The van der Waals surface area contributed by atoms with Crippen LogP contribution < -0.4 is 0 Å². The number of aromatic nitrogens is 3. The smallest absolute Gasteiger partial charge is 0.313 e. The fourth-order valence-corrected chi connectivity index (χ4v) is 2.50. The minimum absolute atomic E-state index is 0.0199. The number of carboxylic acids is 1. The fourth-order valence-electron chi connectivity index (χ4n) is 1.75. The Morgan fingerprint density at radius 2 is 2.33 bits per heavy atom. The van der Waals surface area contributed by atoms with Gasteiger partial charge in [-0.2, -0.15) is 0 Å². The molecule has 0 radical (unpaired) electrons. The maximum absolute atomic E-state index is 10.6. The maximum atomic E-state index is 10.6. The van der Waals surface area contributed by atoms with E-state index in [2.05, 4.69) is 16.9 Å². The molecule has 1 N–H and O–H groups in total. The van der Waals surface area contributed by atoms with Crippen LogP contribution in [0.15, 0.2) is 17.4 Å². The zero-order valence-electron chi connectivity index (χ0n) is 10.4. The molecule has 0 saturated heterocycles. The van der Waals surface area contributed by atoms with Gasteiger partial charge in [0.15, 0.2) is 10.8 Å². The highest BCUT2D eigenvalue weighted by molar-refractivity contribution is 7.99. The lowest BCUT2D eigenvalue weighted by Crippen LogP contribution is -2.03. The Bertz CT molecular complexity index is 580. The van der Waals surface area contributed by atoms with Gasteiger partial charge in [-0.3, -0.25) is 4.79 Å². The van der Waals surface area contributed by atoms with Crippen molar-refractivity contribution in [3.8, 4) is 0 Å². The van der Waals surface area contributed by atoms with Crippen LogP contribution in [0.4, 0.5) is 0 Å². The van der Waals surface area contributed by atoms with Gasteiger partial charge in [0, 0.05) is 12.7 Å². The van der Waals surface area contributed by atoms with Crippen LogP contribution in [0.25, 0.3) is 11.2 Å². The van der Waals surface area contributed by atoms with E-state index in [-0.39, 0.29) is 5.75 Å². The van der Waals surface area contributed by atoms with Crippen LogP contribution in [0.3, 0.4) is 0 Å². The van der Waals surface area contributed by atoms with Gasteiger partial charge in [0.05, 0.1) is 5.75 Å². The second-order valence-corrected chi connectivity index (χ2v) is 5.03. The second kappa shape index (κ2) is 5.39. The van der Waals surface area contributed by atoms with Gasteiger partial charge in [-0.25, -0.2) is 9.97 Å². The van der Waals surface area contributed by atoms with Crippen LogP contribution in [0.2, 0.25) is 0 Å². The molecule has 0 atom stereocenters. The maximum Gasteiger partial charge on any atom is 0.313 e. The number of carbonyl (C=O) groups is 1. The molecule has 2 aromatic rings. The van der Waals surface area contributed by atoms with Crippen LogP contribution in [0.5, 0.6) is 0 Å². The number of imidazole rings is 1. The first kappa shape index (κ1) is 12.9. The number of hydrogen-bond acceptors (Lipinski definition) is 4. The predicted molar refractivity (Wildman–Crippen MR) is 70.9 cm³/mol. The molecule has 2 heterocycles. The molecular weight excluding hydrogens is 250 g/mol. The van der Waals surface area contributed by atoms with Gasteiger partial charge >= 0.3 is 5.97 Å². The Morgan fingerprint density at radius 3 is 3.00 bits per heavy atom. The van der Waals surface area contributed by atoms with Crippen LogP contribution in [0, 0.1) is 6.92 Å². The van der Waals surface area contributed by atoms with Crippen molar-refractivity contribution in [3.05, 3.63) is 17.8 Å². The summed E-state index contributed by atoms with van der Waals surface area (Å²) in [6, 6.07) is 1.97. The first-order valence-electron chi connectivity index (χ1n) is 5.79. The second-order valence-electron chi connectivity index (χ2n) is 4.08. The molecule has 0 fully saturated rings. The van der Waals surface area contributed by atoms with Crippen molar-refractivity contribution in [2.45, 2.75) is 32.0 Å². The molecule has 18 heavy (non-hydrogen) atoms. The van der Waals surface area contributed by atoms with Gasteiger partial charge in [-0.15, -0.1) is 0 Å². The van der Waals surface area contributed by atoms with E-state index >= 15 is 0 Å². The molecular formula is C12H15N3O2S. The number of aliphatic carboxylic acids is 1. The van der Waals surface area contributed by atoms with Gasteiger partial charge in [0.2, 0.25) is 0 Å². The predicted octanol–water partition coefficient (Wildman–Crippen LogP) is 2.33. The number of thioether (sulfide) groups is 1. The SMILES string of the molecule is CCCn1c(SCC(=O)O)nc2cc(C)cnc21. The number of rotatable bonds is 5. The summed E-state index contributed by atoms with van der Waals surface area (Å²) in [5, 5.41) is 9.47. The zero-order chi connectivity index (χ0) is 13.1. The third-order valence-electron chi connectivity index (χ3n) is 2.46. The van der Waals surface area contributed by atoms with Crippen LogP contribution >= 0.6 is 11.8 Å². The average Bonchev–Trinajstić information content (AvgIpc) is 2.64. The molecule has 0 bridgehead atoms. The average molecular weight is 265 g/mol. The quantitative estimate of drug-likeness (QED) is 0.840. The van der Waals surface area contributed by atoms with E-state index in [9.17, 15) is 4.79 Å². The van der Waals surface area contributed by atoms with Crippen molar-refractivity contribution in [3.63, 3.8) is 0 Å². The largest absolute Gasteiger partial charge is 0.481 e. The third kappa shape index (κ3) is 2.64. The van der Waals surface area contributed by atoms with Crippen molar-refractivity contribution in [1.82, 2.24) is 14.5 Å². The van der Waals surface area contributed by atoms with Crippen molar-refractivity contribution in [1.29, 1.82) is 0 Å². The molecule has 2 aromatic heterocycles. The highest BCUT2D eigenvalue weighted by Crippen LogP contribution is 2.23. The van der Waals surface area contributed by atoms with E-state index < -0.39 is 5.97 Å². The first-order valence-corrected chi connectivity index (χ1v) is 6.78. The lowest BCUT2D eigenvalue weighted by molar-refractivity contribution is -0.133. The highest BCUT2D eigenvalue weighted by Gasteiger charge is 2.13. The Labute approximate surface area is 109 Å². The Kier molecular flexibility index (Phi) is 3.86. The topological polar surface area (TPSA) is 68.0 Å². The number of nitrogens with zero attached hydrogens (tertiary/aromatic N) is 3. The summed E-state index contributed by atoms with van der Waals surface area (Å²) < 4.78 is 1.99. The van der Waals surface area contributed by atoms with Gasteiger partial charge in [-0.1, -0.05) is 18.7 Å². The van der Waals surface area contributed by atoms with Gasteiger partial charge in [-0.05, 0) is 25.0 Å². The molecule has 0 aliphatic rings. The normalized spacial score (nSPS) is 11.0. The first-order chi connectivity index (χ1) is 8.61. The summed E-state index contributed by atoms with van der Waals surface area (Å²) in [7, 11) is 0. The molecule has 0 amide bonds. The monoisotopic (exact) mass is 265 g/mol. The molecule has 2 rings (SSSR count). The summed E-state index contributed by atoms with van der Waals surface area (Å²) in [5.74, 6) is -0.814. The van der Waals surface area contributed by atoms with Crippen LogP contribution in [0.1, 0.15) is 18.9 Å². The fraction of sp³-hybridized carbons (Fsp3) is 0.417. The van der Waals surface area contributed by atoms with E-state index in [0.29, 0.717) is 0 Å². The van der Waals surface area contributed by atoms with Crippen LogP contribution in [-0.4, -0.2) is 31.4 Å². The Balaban J connectivity index is 2.43. The molecule has 96 valence electrons. The number of aryl methyl sites for hydroxylation is 2. The van der Waals surface area contributed by atoms with E-state index in [1.165, 1.54) is 11.8 Å². The highest BCUT2D eigenvalue weighted by atomic mass is 32.2. The van der Waals surface area contributed by atoms with Crippen molar-refractivity contribution in [2.24, 2.45) is 0 Å². The number of fused-ring (bicyclic) bond motifs is 1. The summed E-state index contributed by atoms with van der Waals surface area (Å²) in [6.07, 6.45) is 2.77. The molecule has 5 nitrogen and oxygen atoms in total. The van der Waals surface area contributed by atoms with Gasteiger partial charge in [0.25, 0.3) is 0 Å². The number of hydrogen-bond donors (Lipinski definition) is 1. The van der Waals surface area contributed by atoms with Gasteiger partial charge < -0.3 is 9.67 Å². The van der Waals surface area contributed by atoms with E-state index in [1.54, 1.807) is 0 Å². The van der Waals surface area contributed by atoms with E-state index in [4.69, 9.17) is 5.11 Å². The Morgan fingerprint density at radius 1 is 1.56 bits per heavy atom. The number of pyridine rings is 1. The molecule has 0 unspecified atom stereocenters. The minimum atomic E-state index is -0.834. The lowest BCUT2D eigenvalue weighted by atomic mass is 10.3. The lowest BCUT2D eigenvalue weighted by Gasteiger charge is -2.05. The van der Waals surface area contributed by atoms with E-state index in [1.807, 2.05) is 23.8 Å². The molecule has 0 spiro atoms. The van der Waals surface area contributed by atoms with E-state index in [0.717, 1.165) is 34.8 Å². The summed E-state index contributed by atoms with van der Waals surface area (Å²) in [6.45, 7) is 4.84.